The fourth-order valence-corrected chi connectivity index (χ4v) is 3.49. The number of rotatable bonds is 5. The van der Waals surface area contributed by atoms with Crippen LogP contribution in [0.4, 0.5) is 0 Å². The Morgan fingerprint density at radius 1 is 1.17 bits per heavy atom. The van der Waals surface area contributed by atoms with Gasteiger partial charge in [0.1, 0.15) is 24.1 Å². The molecular formula is C16H20Cl2O6. The minimum Gasteiger partial charge on any atom is -0.488 e. The minimum atomic E-state index is -1.44. The Kier molecular flexibility index (Phi) is 6.47. The molecule has 24 heavy (non-hydrogen) atoms. The highest BCUT2D eigenvalue weighted by Crippen LogP contribution is 2.34. The molecule has 0 heterocycles. The van der Waals surface area contributed by atoms with Crippen molar-refractivity contribution in [3.05, 3.63) is 27.7 Å². The van der Waals surface area contributed by atoms with Crippen LogP contribution in [0.3, 0.4) is 0 Å². The van der Waals surface area contributed by atoms with Gasteiger partial charge < -0.3 is 25.2 Å². The molecule has 6 nitrogen and oxygen atoms in total. The standard InChI is InChI=1S/C16H20Cl2O6/c1-2-11(20)13-9(17)4-8(5-10(13)18)24-12-3-7(6-19)14(21)16(23)15(12)22/h4-5,7,12,14-16,19,21-23H,2-3,6H2,1H3. The van der Waals surface area contributed by atoms with Gasteiger partial charge in [0, 0.05) is 18.9 Å². The molecule has 1 aliphatic rings. The first-order chi connectivity index (χ1) is 11.3. The van der Waals surface area contributed by atoms with Gasteiger partial charge in [-0.1, -0.05) is 30.1 Å². The quantitative estimate of drug-likeness (QED) is 0.577. The first-order valence-corrected chi connectivity index (χ1v) is 8.39. The summed E-state index contributed by atoms with van der Waals surface area (Å²) >= 11 is 12.2. The third-order valence-corrected chi connectivity index (χ3v) is 4.83. The van der Waals surface area contributed by atoms with E-state index in [2.05, 4.69) is 0 Å². The molecule has 1 aromatic rings. The summed E-state index contributed by atoms with van der Waals surface area (Å²) in [6, 6.07) is 2.82. The Morgan fingerprint density at radius 3 is 2.25 bits per heavy atom. The van der Waals surface area contributed by atoms with E-state index in [4.69, 9.17) is 27.9 Å². The number of aliphatic hydroxyl groups excluding tert-OH is 4. The Hall–Kier alpha value is -0.890. The largest absolute Gasteiger partial charge is 0.488 e. The molecule has 2 rings (SSSR count). The van der Waals surface area contributed by atoms with Crippen LogP contribution in [0.1, 0.15) is 30.1 Å². The molecule has 0 aromatic heterocycles. The molecule has 8 heteroatoms. The fraction of sp³-hybridized carbons (Fsp3) is 0.562. The molecule has 0 spiro atoms. The molecular weight excluding hydrogens is 359 g/mol. The van der Waals surface area contributed by atoms with Crippen molar-refractivity contribution in [3.8, 4) is 5.75 Å². The summed E-state index contributed by atoms with van der Waals surface area (Å²) in [6.07, 6.45) is -4.48. The maximum atomic E-state index is 11.8. The normalized spacial score (nSPS) is 30.2. The van der Waals surface area contributed by atoms with Crippen molar-refractivity contribution in [1.29, 1.82) is 0 Å². The second-order valence-corrected chi connectivity index (χ2v) is 6.66. The maximum Gasteiger partial charge on any atom is 0.165 e. The monoisotopic (exact) mass is 378 g/mol. The molecule has 1 saturated carbocycles. The van der Waals surface area contributed by atoms with Gasteiger partial charge in [0.05, 0.1) is 21.7 Å². The van der Waals surface area contributed by atoms with E-state index in [9.17, 15) is 25.2 Å². The van der Waals surface area contributed by atoms with Crippen molar-refractivity contribution in [1.82, 2.24) is 0 Å². The lowest BCUT2D eigenvalue weighted by atomic mass is 9.81. The predicted octanol–water partition coefficient (Wildman–Crippen LogP) is 1.43. The van der Waals surface area contributed by atoms with Crippen LogP contribution in [0.25, 0.3) is 0 Å². The minimum absolute atomic E-state index is 0.133. The summed E-state index contributed by atoms with van der Waals surface area (Å²) in [4.78, 5) is 11.8. The molecule has 1 fully saturated rings. The molecule has 0 bridgehead atoms. The first kappa shape index (κ1) is 19.4. The zero-order valence-corrected chi connectivity index (χ0v) is 14.5. The van der Waals surface area contributed by atoms with Gasteiger partial charge in [-0.3, -0.25) is 4.79 Å². The summed E-state index contributed by atoms with van der Waals surface area (Å²) in [5.41, 5.74) is 0.209. The van der Waals surface area contributed by atoms with Crippen molar-refractivity contribution in [2.24, 2.45) is 5.92 Å². The van der Waals surface area contributed by atoms with Gasteiger partial charge in [-0.2, -0.15) is 0 Å². The van der Waals surface area contributed by atoms with Crippen LogP contribution in [-0.2, 0) is 0 Å². The first-order valence-electron chi connectivity index (χ1n) is 7.64. The summed E-state index contributed by atoms with van der Waals surface area (Å²) in [7, 11) is 0. The highest BCUT2D eigenvalue weighted by molar-refractivity contribution is 6.40. The number of carbonyl (C=O) groups excluding carboxylic acids is 1. The second kappa shape index (κ2) is 7.99. The Labute approximate surface area is 149 Å². The average Bonchev–Trinajstić information content (AvgIpc) is 2.54. The van der Waals surface area contributed by atoms with Crippen molar-refractivity contribution in [2.45, 2.75) is 44.2 Å². The number of ether oxygens (including phenoxy) is 1. The van der Waals surface area contributed by atoms with E-state index in [0.29, 0.717) is 0 Å². The van der Waals surface area contributed by atoms with Crippen molar-refractivity contribution in [3.63, 3.8) is 0 Å². The van der Waals surface area contributed by atoms with Crippen molar-refractivity contribution < 1.29 is 30.0 Å². The Morgan fingerprint density at radius 2 is 1.75 bits per heavy atom. The number of ketones is 1. The van der Waals surface area contributed by atoms with Crippen LogP contribution < -0.4 is 4.74 Å². The van der Waals surface area contributed by atoms with Gasteiger partial charge in [-0.25, -0.2) is 0 Å². The van der Waals surface area contributed by atoms with E-state index in [-0.39, 0.29) is 46.6 Å². The molecule has 1 aromatic carbocycles. The number of halogens is 2. The molecule has 0 amide bonds. The van der Waals surface area contributed by atoms with E-state index >= 15 is 0 Å². The maximum absolute atomic E-state index is 11.8. The molecule has 0 aliphatic heterocycles. The topological polar surface area (TPSA) is 107 Å². The molecule has 1 aliphatic carbocycles. The number of Topliss-reactive ketones (excluding diaryl/α,β-unsaturated/α-hetero) is 1. The van der Waals surface area contributed by atoms with Gasteiger partial charge >= 0.3 is 0 Å². The fourth-order valence-electron chi connectivity index (χ4n) is 2.81. The molecule has 5 atom stereocenters. The number of aliphatic hydroxyl groups is 4. The number of hydrogen-bond donors (Lipinski definition) is 4. The summed E-state index contributed by atoms with van der Waals surface area (Å²) < 4.78 is 5.64. The highest BCUT2D eigenvalue weighted by Gasteiger charge is 2.43. The van der Waals surface area contributed by atoms with Crippen LogP contribution in [0.2, 0.25) is 10.0 Å². The summed E-state index contributed by atoms with van der Waals surface area (Å²) in [5, 5.41) is 39.3. The zero-order chi connectivity index (χ0) is 18.0. The van der Waals surface area contributed by atoms with Gasteiger partial charge in [0.15, 0.2) is 5.78 Å². The second-order valence-electron chi connectivity index (χ2n) is 5.85. The molecule has 4 N–H and O–H groups in total. The summed E-state index contributed by atoms with van der Waals surface area (Å²) in [5.74, 6) is -0.601. The van der Waals surface area contributed by atoms with E-state index in [1.54, 1.807) is 6.92 Å². The molecule has 5 unspecified atom stereocenters. The molecule has 134 valence electrons. The van der Waals surface area contributed by atoms with Gasteiger partial charge in [0.25, 0.3) is 0 Å². The van der Waals surface area contributed by atoms with Gasteiger partial charge in [-0.05, 0) is 18.6 Å². The third-order valence-electron chi connectivity index (χ3n) is 4.24. The van der Waals surface area contributed by atoms with E-state index < -0.39 is 30.3 Å². The molecule has 0 saturated heterocycles. The van der Waals surface area contributed by atoms with Gasteiger partial charge in [-0.15, -0.1) is 0 Å². The van der Waals surface area contributed by atoms with Crippen LogP contribution >= 0.6 is 23.2 Å². The Balaban J connectivity index is 2.23. The SMILES string of the molecule is CCC(=O)c1c(Cl)cc(OC2CC(CO)C(O)C(O)C2O)cc1Cl. The summed E-state index contributed by atoms with van der Waals surface area (Å²) in [6.45, 7) is 1.34. The van der Waals surface area contributed by atoms with Gasteiger partial charge in [0.2, 0.25) is 0 Å². The number of benzene rings is 1. The number of carbonyl (C=O) groups is 1. The lowest BCUT2D eigenvalue weighted by Gasteiger charge is -2.39. The van der Waals surface area contributed by atoms with Crippen LogP contribution in [-0.4, -0.2) is 57.2 Å². The number of hydrogen-bond acceptors (Lipinski definition) is 6. The lowest BCUT2D eigenvalue weighted by molar-refractivity contribution is -0.156. The zero-order valence-electron chi connectivity index (χ0n) is 13.0. The van der Waals surface area contributed by atoms with E-state index in [1.807, 2.05) is 0 Å². The van der Waals surface area contributed by atoms with Crippen molar-refractivity contribution in [2.75, 3.05) is 6.61 Å². The van der Waals surface area contributed by atoms with Crippen molar-refractivity contribution >= 4 is 29.0 Å². The van der Waals surface area contributed by atoms with Crippen LogP contribution in [0, 0.1) is 5.92 Å². The third kappa shape index (κ3) is 3.85. The predicted molar refractivity (Wildman–Crippen MR) is 88.7 cm³/mol. The molecule has 0 radical (unpaired) electrons. The van der Waals surface area contributed by atoms with Crippen LogP contribution in [0.15, 0.2) is 12.1 Å². The van der Waals surface area contributed by atoms with E-state index in [0.717, 1.165) is 0 Å². The smallest absolute Gasteiger partial charge is 0.165 e. The average molecular weight is 379 g/mol. The highest BCUT2D eigenvalue weighted by atomic mass is 35.5. The van der Waals surface area contributed by atoms with E-state index in [1.165, 1.54) is 12.1 Å². The van der Waals surface area contributed by atoms with Crippen LogP contribution in [0.5, 0.6) is 5.75 Å². The lowest BCUT2D eigenvalue weighted by Crippen LogP contribution is -2.56. The Bertz CT molecular complexity index is 583.